The molecule has 15 heavy (non-hydrogen) atoms. The zero-order chi connectivity index (χ0) is 11.1. The molecule has 0 saturated heterocycles. The van der Waals surface area contributed by atoms with Gasteiger partial charge in [0.1, 0.15) is 11.6 Å². The zero-order valence-electron chi connectivity index (χ0n) is 8.41. The maximum atomic E-state index is 11.5. The maximum Gasteiger partial charge on any atom is 0.328 e. The monoisotopic (exact) mass is 205 g/mol. The molecule has 5 nitrogen and oxygen atoms in total. The molecular formula is C10H11N3O2. The second-order valence-corrected chi connectivity index (χ2v) is 4.13. The molecule has 0 radical (unpaired) electrons. The van der Waals surface area contributed by atoms with Crippen LogP contribution in [0, 0.1) is 11.3 Å². The molecule has 0 unspecified atom stereocenters. The van der Waals surface area contributed by atoms with Crippen molar-refractivity contribution < 1.29 is 0 Å². The molecule has 1 N–H and O–H groups in total. The van der Waals surface area contributed by atoms with Gasteiger partial charge in [-0.2, -0.15) is 5.26 Å². The third-order valence-electron chi connectivity index (χ3n) is 3.07. The topological polar surface area (TPSA) is 78.7 Å². The van der Waals surface area contributed by atoms with Crippen molar-refractivity contribution in [3.05, 3.63) is 32.6 Å². The van der Waals surface area contributed by atoms with Crippen LogP contribution in [0.5, 0.6) is 0 Å². The summed E-state index contributed by atoms with van der Waals surface area (Å²) in [5, 5.41) is 8.70. The van der Waals surface area contributed by atoms with E-state index < -0.39 is 11.2 Å². The first kappa shape index (κ1) is 9.71. The molecule has 1 aliphatic carbocycles. The molecule has 1 aromatic heterocycles. The average molecular weight is 205 g/mol. The number of hydrogen-bond acceptors (Lipinski definition) is 3. The van der Waals surface area contributed by atoms with E-state index in [1.165, 1.54) is 10.8 Å². The lowest BCUT2D eigenvalue weighted by Crippen LogP contribution is -2.46. The maximum absolute atomic E-state index is 11.5. The Morgan fingerprint density at radius 1 is 1.53 bits per heavy atom. The summed E-state index contributed by atoms with van der Waals surface area (Å²) < 4.78 is 1.47. The summed E-state index contributed by atoms with van der Waals surface area (Å²) in [7, 11) is 0. The summed E-state index contributed by atoms with van der Waals surface area (Å²) in [5.74, 6) is 0. The van der Waals surface area contributed by atoms with Crippen molar-refractivity contribution in [3.63, 3.8) is 0 Å². The molecule has 1 heterocycles. The van der Waals surface area contributed by atoms with E-state index in [9.17, 15) is 9.59 Å². The highest BCUT2D eigenvalue weighted by Gasteiger charge is 2.34. The minimum Gasteiger partial charge on any atom is -0.293 e. The van der Waals surface area contributed by atoms with Crippen LogP contribution in [-0.4, -0.2) is 9.55 Å². The van der Waals surface area contributed by atoms with Crippen molar-refractivity contribution in [1.29, 1.82) is 5.26 Å². The first-order valence-corrected chi connectivity index (χ1v) is 4.83. The van der Waals surface area contributed by atoms with Crippen molar-refractivity contribution in [3.8, 4) is 6.07 Å². The standard InChI is InChI=1S/C10H11N3O2/c1-10(3-2-4-10)13-6-7(5-11)8(14)12-9(13)15/h6H,2-4H2,1H3,(H,12,14,15). The van der Waals surface area contributed by atoms with Gasteiger partial charge < -0.3 is 0 Å². The summed E-state index contributed by atoms with van der Waals surface area (Å²) in [4.78, 5) is 24.9. The lowest BCUT2D eigenvalue weighted by molar-refractivity contribution is 0.160. The SMILES string of the molecule is CC1(n2cc(C#N)c(=O)[nH]c2=O)CCC1. The quantitative estimate of drug-likeness (QED) is 0.716. The van der Waals surface area contributed by atoms with Crippen molar-refractivity contribution in [2.75, 3.05) is 0 Å². The van der Waals surface area contributed by atoms with Gasteiger partial charge in [0.25, 0.3) is 5.56 Å². The zero-order valence-corrected chi connectivity index (χ0v) is 8.41. The van der Waals surface area contributed by atoms with Gasteiger partial charge >= 0.3 is 5.69 Å². The van der Waals surface area contributed by atoms with Gasteiger partial charge in [-0.3, -0.25) is 14.3 Å². The number of hydrogen-bond donors (Lipinski definition) is 1. The highest BCUT2D eigenvalue weighted by Crippen LogP contribution is 2.37. The van der Waals surface area contributed by atoms with Gasteiger partial charge in [-0.05, 0) is 26.2 Å². The number of H-pyrrole nitrogens is 1. The van der Waals surface area contributed by atoms with Gasteiger partial charge in [-0.1, -0.05) is 0 Å². The second kappa shape index (κ2) is 3.09. The fraction of sp³-hybridized carbons (Fsp3) is 0.500. The summed E-state index contributed by atoms with van der Waals surface area (Å²) in [6.45, 7) is 1.96. The normalized spacial score (nSPS) is 17.9. The molecule has 0 amide bonds. The third kappa shape index (κ3) is 1.38. The van der Waals surface area contributed by atoms with Crippen molar-refractivity contribution in [2.24, 2.45) is 0 Å². The first-order valence-electron chi connectivity index (χ1n) is 4.83. The van der Waals surface area contributed by atoms with Crippen LogP contribution in [0.1, 0.15) is 31.7 Å². The fourth-order valence-corrected chi connectivity index (χ4v) is 1.88. The Balaban J connectivity index is 2.63. The second-order valence-electron chi connectivity index (χ2n) is 4.13. The van der Waals surface area contributed by atoms with E-state index in [0.29, 0.717) is 0 Å². The Kier molecular flexibility index (Phi) is 2.00. The number of aromatic amines is 1. The highest BCUT2D eigenvalue weighted by molar-refractivity contribution is 5.22. The number of aromatic nitrogens is 2. The van der Waals surface area contributed by atoms with Crippen molar-refractivity contribution in [2.45, 2.75) is 31.7 Å². The third-order valence-corrected chi connectivity index (χ3v) is 3.07. The predicted octanol–water partition coefficient (Wildman–Crippen LogP) is 0.307. The van der Waals surface area contributed by atoms with E-state index in [1.54, 1.807) is 6.07 Å². The Bertz CT molecular complexity index is 543. The Morgan fingerprint density at radius 2 is 2.20 bits per heavy atom. The van der Waals surface area contributed by atoms with E-state index in [0.717, 1.165) is 19.3 Å². The van der Waals surface area contributed by atoms with Crippen LogP contribution < -0.4 is 11.2 Å². The average Bonchev–Trinajstić information content (AvgIpc) is 2.15. The van der Waals surface area contributed by atoms with Crippen LogP contribution in [-0.2, 0) is 5.54 Å². The first-order chi connectivity index (χ1) is 7.07. The molecule has 2 rings (SSSR count). The van der Waals surface area contributed by atoms with Crippen molar-refractivity contribution in [1.82, 2.24) is 9.55 Å². The smallest absolute Gasteiger partial charge is 0.293 e. The van der Waals surface area contributed by atoms with Crippen molar-refractivity contribution >= 4 is 0 Å². The highest BCUT2D eigenvalue weighted by atomic mass is 16.2. The fourth-order valence-electron chi connectivity index (χ4n) is 1.88. The summed E-state index contributed by atoms with van der Waals surface area (Å²) in [6.07, 6.45) is 4.25. The molecule has 1 aromatic rings. The molecule has 5 heteroatoms. The van der Waals surface area contributed by atoms with Crippen LogP contribution in [0.4, 0.5) is 0 Å². The van der Waals surface area contributed by atoms with Gasteiger partial charge in [0, 0.05) is 11.7 Å². The Morgan fingerprint density at radius 3 is 2.67 bits per heavy atom. The van der Waals surface area contributed by atoms with Gasteiger partial charge in [0.05, 0.1) is 0 Å². The molecule has 0 aromatic carbocycles. The lowest BCUT2D eigenvalue weighted by atomic mass is 9.78. The number of rotatable bonds is 1. The number of nitrogens with zero attached hydrogens (tertiary/aromatic N) is 2. The molecule has 1 saturated carbocycles. The summed E-state index contributed by atoms with van der Waals surface area (Å²) >= 11 is 0. The van der Waals surface area contributed by atoms with E-state index in [1.807, 2.05) is 6.92 Å². The van der Waals surface area contributed by atoms with Gasteiger partial charge in [-0.25, -0.2) is 4.79 Å². The minimum absolute atomic E-state index is 0.0114. The number of nitriles is 1. The summed E-state index contributed by atoms with van der Waals surface area (Å²) in [6, 6.07) is 1.78. The summed E-state index contributed by atoms with van der Waals surface area (Å²) in [5.41, 5.74) is -1.28. The molecule has 1 aliphatic rings. The van der Waals surface area contributed by atoms with Gasteiger partial charge in [0.15, 0.2) is 0 Å². The lowest BCUT2D eigenvalue weighted by Gasteiger charge is -2.39. The molecule has 1 fully saturated rings. The molecule has 0 aliphatic heterocycles. The Hall–Kier alpha value is -1.83. The van der Waals surface area contributed by atoms with Crippen LogP contribution in [0.15, 0.2) is 15.8 Å². The van der Waals surface area contributed by atoms with Gasteiger partial charge in [-0.15, -0.1) is 0 Å². The number of nitrogens with one attached hydrogen (secondary N) is 1. The van der Waals surface area contributed by atoms with E-state index in [-0.39, 0.29) is 11.1 Å². The Labute approximate surface area is 86.0 Å². The predicted molar refractivity (Wildman–Crippen MR) is 53.5 cm³/mol. The van der Waals surface area contributed by atoms with Crippen LogP contribution in [0.3, 0.4) is 0 Å². The van der Waals surface area contributed by atoms with E-state index in [2.05, 4.69) is 4.98 Å². The molecule has 78 valence electrons. The van der Waals surface area contributed by atoms with Gasteiger partial charge in [0.2, 0.25) is 0 Å². The minimum atomic E-state index is -0.610. The van der Waals surface area contributed by atoms with Crippen LogP contribution in [0.2, 0.25) is 0 Å². The largest absolute Gasteiger partial charge is 0.328 e. The van der Waals surface area contributed by atoms with E-state index in [4.69, 9.17) is 5.26 Å². The van der Waals surface area contributed by atoms with E-state index >= 15 is 0 Å². The van der Waals surface area contributed by atoms with Crippen LogP contribution in [0.25, 0.3) is 0 Å². The molecule has 0 bridgehead atoms. The van der Waals surface area contributed by atoms with Crippen LogP contribution >= 0.6 is 0 Å². The molecule has 0 spiro atoms. The molecule has 0 atom stereocenters. The molecular weight excluding hydrogens is 194 g/mol.